The fraction of sp³-hybridized carbons (Fsp3) is 0.250. The summed E-state index contributed by atoms with van der Waals surface area (Å²) in [6.45, 7) is 5.92. The molecule has 0 atom stereocenters. The van der Waals surface area contributed by atoms with Gasteiger partial charge < -0.3 is 4.90 Å². The molecule has 2 aromatic carbocycles. The molecule has 33 heavy (non-hydrogen) atoms. The lowest BCUT2D eigenvalue weighted by Crippen LogP contribution is -2.38. The van der Waals surface area contributed by atoms with Crippen LogP contribution >= 0.6 is 0 Å². The van der Waals surface area contributed by atoms with Crippen molar-refractivity contribution in [3.63, 3.8) is 0 Å². The van der Waals surface area contributed by atoms with Crippen molar-refractivity contribution in [2.24, 2.45) is 5.92 Å². The van der Waals surface area contributed by atoms with Gasteiger partial charge in [0.1, 0.15) is 5.65 Å². The lowest BCUT2D eigenvalue weighted by Gasteiger charge is -2.30. The van der Waals surface area contributed by atoms with Gasteiger partial charge in [-0.1, -0.05) is 48.9 Å². The Balaban J connectivity index is 1.64. The number of nitrogens with zero attached hydrogens (tertiary/aromatic N) is 4. The molecular formula is C28H26N4O. The summed E-state index contributed by atoms with van der Waals surface area (Å²) in [7, 11) is 0. The molecular weight excluding hydrogens is 408 g/mol. The minimum absolute atomic E-state index is 0.0696. The highest BCUT2D eigenvalue weighted by Crippen LogP contribution is 2.33. The van der Waals surface area contributed by atoms with E-state index in [1.165, 1.54) is 5.56 Å². The highest BCUT2D eigenvalue weighted by molar-refractivity contribution is 5.95. The van der Waals surface area contributed by atoms with E-state index in [1.54, 1.807) is 0 Å². The number of fused-ring (bicyclic) bond motifs is 1. The van der Waals surface area contributed by atoms with E-state index < -0.39 is 0 Å². The van der Waals surface area contributed by atoms with Crippen LogP contribution in [0.25, 0.3) is 28.2 Å². The van der Waals surface area contributed by atoms with Crippen molar-refractivity contribution in [3.05, 3.63) is 83.6 Å². The number of nitriles is 1. The Hall–Kier alpha value is -3.91. The molecule has 1 aliphatic rings. The first kappa shape index (κ1) is 21.0. The average molecular weight is 435 g/mol. The van der Waals surface area contributed by atoms with Crippen LogP contribution in [0, 0.1) is 24.2 Å². The second kappa shape index (κ2) is 8.55. The standard InChI is InChI=1S/C28H26N4O/c1-19-3-7-22(8-4-19)26-27(23-9-5-21(17-29)6-10-23)32-18-24(11-12-25(32)30-26)28(33)31-15-13-20(2)14-16-31/h3-12,18,20H,13-16H2,1-2H3. The Kier molecular flexibility index (Phi) is 5.43. The van der Waals surface area contributed by atoms with Crippen LogP contribution < -0.4 is 0 Å². The first-order valence-electron chi connectivity index (χ1n) is 11.4. The molecule has 1 fully saturated rings. The number of rotatable bonds is 3. The van der Waals surface area contributed by atoms with Gasteiger partial charge in [-0.15, -0.1) is 0 Å². The predicted molar refractivity (Wildman–Crippen MR) is 130 cm³/mol. The van der Waals surface area contributed by atoms with Crippen LogP contribution in [-0.4, -0.2) is 33.3 Å². The summed E-state index contributed by atoms with van der Waals surface area (Å²) in [5.41, 5.74) is 6.99. The van der Waals surface area contributed by atoms with Gasteiger partial charge in [0.2, 0.25) is 0 Å². The van der Waals surface area contributed by atoms with Crippen molar-refractivity contribution in [3.8, 4) is 28.6 Å². The summed E-state index contributed by atoms with van der Waals surface area (Å²) in [5, 5.41) is 9.22. The zero-order valence-corrected chi connectivity index (χ0v) is 19.0. The molecule has 1 saturated heterocycles. The van der Waals surface area contributed by atoms with Gasteiger partial charge in [-0.25, -0.2) is 4.98 Å². The third kappa shape index (κ3) is 4.01. The molecule has 0 radical (unpaired) electrons. The SMILES string of the molecule is Cc1ccc(-c2nc3ccc(C(=O)N4CCC(C)CC4)cn3c2-c2ccc(C#N)cc2)cc1. The molecule has 0 unspecified atom stereocenters. The van der Waals surface area contributed by atoms with Crippen LogP contribution in [0.3, 0.4) is 0 Å². The first-order chi connectivity index (χ1) is 16.0. The molecule has 1 amide bonds. The van der Waals surface area contributed by atoms with Crippen LogP contribution in [0.2, 0.25) is 0 Å². The van der Waals surface area contributed by atoms with Crippen LogP contribution in [-0.2, 0) is 0 Å². The maximum absolute atomic E-state index is 13.3. The lowest BCUT2D eigenvalue weighted by atomic mass is 9.99. The minimum Gasteiger partial charge on any atom is -0.339 e. The molecule has 0 saturated carbocycles. The first-order valence-corrected chi connectivity index (χ1v) is 11.4. The number of hydrogen-bond donors (Lipinski definition) is 0. The van der Waals surface area contributed by atoms with Gasteiger partial charge in [0.25, 0.3) is 5.91 Å². The van der Waals surface area contributed by atoms with Crippen LogP contribution in [0.4, 0.5) is 0 Å². The van der Waals surface area contributed by atoms with Gasteiger partial charge in [-0.3, -0.25) is 9.20 Å². The van der Waals surface area contributed by atoms with E-state index in [0.717, 1.165) is 54.1 Å². The quantitative estimate of drug-likeness (QED) is 0.414. The normalized spacial score (nSPS) is 14.4. The second-order valence-corrected chi connectivity index (χ2v) is 8.98. The van der Waals surface area contributed by atoms with E-state index in [1.807, 2.05) is 51.9 Å². The largest absolute Gasteiger partial charge is 0.339 e. The number of carbonyl (C=O) groups is 1. The molecule has 3 heterocycles. The summed E-state index contributed by atoms with van der Waals surface area (Å²) < 4.78 is 2.01. The summed E-state index contributed by atoms with van der Waals surface area (Å²) >= 11 is 0. The molecule has 5 nitrogen and oxygen atoms in total. The summed E-state index contributed by atoms with van der Waals surface area (Å²) in [5.74, 6) is 0.741. The second-order valence-electron chi connectivity index (χ2n) is 8.98. The number of hydrogen-bond acceptors (Lipinski definition) is 3. The third-order valence-electron chi connectivity index (χ3n) is 6.55. The highest BCUT2D eigenvalue weighted by atomic mass is 16.2. The van der Waals surface area contributed by atoms with Gasteiger partial charge in [-0.05, 0) is 49.9 Å². The van der Waals surface area contributed by atoms with E-state index in [-0.39, 0.29) is 5.91 Å². The number of piperidine rings is 1. The molecule has 2 aromatic heterocycles. The van der Waals surface area contributed by atoms with Crippen LogP contribution in [0.5, 0.6) is 0 Å². The number of carbonyl (C=O) groups excluding carboxylic acids is 1. The van der Waals surface area contributed by atoms with Crippen molar-refractivity contribution in [2.45, 2.75) is 26.7 Å². The van der Waals surface area contributed by atoms with Crippen LogP contribution in [0.1, 0.15) is 41.3 Å². The van der Waals surface area contributed by atoms with Gasteiger partial charge in [0.15, 0.2) is 0 Å². The number of pyridine rings is 1. The Morgan fingerprint density at radius 2 is 1.64 bits per heavy atom. The Bertz CT molecular complexity index is 1350. The molecule has 164 valence electrons. The topological polar surface area (TPSA) is 61.4 Å². The van der Waals surface area contributed by atoms with Crippen LogP contribution in [0.15, 0.2) is 66.9 Å². The summed E-state index contributed by atoms with van der Waals surface area (Å²) in [6.07, 6.45) is 4.01. The maximum atomic E-state index is 13.3. The molecule has 5 rings (SSSR count). The minimum atomic E-state index is 0.0696. The molecule has 0 bridgehead atoms. The summed E-state index contributed by atoms with van der Waals surface area (Å²) in [4.78, 5) is 20.1. The molecule has 4 aromatic rings. The van der Waals surface area contributed by atoms with Crippen molar-refractivity contribution in [2.75, 3.05) is 13.1 Å². The molecule has 0 aliphatic carbocycles. The fourth-order valence-corrected chi connectivity index (χ4v) is 4.46. The zero-order valence-electron chi connectivity index (χ0n) is 19.0. The van der Waals surface area contributed by atoms with E-state index in [9.17, 15) is 10.1 Å². The Morgan fingerprint density at radius 1 is 0.970 bits per heavy atom. The third-order valence-corrected chi connectivity index (χ3v) is 6.55. The van der Waals surface area contributed by atoms with Crippen molar-refractivity contribution in [1.82, 2.24) is 14.3 Å². The van der Waals surface area contributed by atoms with Crippen molar-refractivity contribution in [1.29, 1.82) is 5.26 Å². The Morgan fingerprint density at radius 3 is 2.30 bits per heavy atom. The van der Waals surface area contributed by atoms with Gasteiger partial charge >= 0.3 is 0 Å². The number of aryl methyl sites for hydroxylation is 1. The van der Waals surface area contributed by atoms with E-state index in [2.05, 4.69) is 44.2 Å². The fourth-order valence-electron chi connectivity index (χ4n) is 4.46. The van der Waals surface area contributed by atoms with Crippen molar-refractivity contribution < 1.29 is 4.79 Å². The molecule has 0 spiro atoms. The predicted octanol–water partition coefficient (Wildman–Crippen LogP) is 5.72. The number of likely N-dealkylation sites (tertiary alicyclic amines) is 1. The van der Waals surface area contributed by atoms with Crippen molar-refractivity contribution >= 4 is 11.6 Å². The smallest absolute Gasteiger partial charge is 0.255 e. The highest BCUT2D eigenvalue weighted by Gasteiger charge is 2.23. The number of imidazole rings is 1. The summed E-state index contributed by atoms with van der Waals surface area (Å²) in [6, 6.07) is 21.8. The number of aromatic nitrogens is 2. The van der Waals surface area contributed by atoms with E-state index in [0.29, 0.717) is 17.0 Å². The molecule has 1 aliphatic heterocycles. The number of benzene rings is 2. The Labute approximate surface area is 193 Å². The van der Waals surface area contributed by atoms with E-state index >= 15 is 0 Å². The van der Waals surface area contributed by atoms with E-state index in [4.69, 9.17) is 4.98 Å². The average Bonchev–Trinajstić information content (AvgIpc) is 3.23. The zero-order chi connectivity index (χ0) is 22.9. The maximum Gasteiger partial charge on any atom is 0.255 e. The molecule has 0 N–H and O–H groups in total. The molecule has 5 heteroatoms. The van der Waals surface area contributed by atoms with Gasteiger partial charge in [-0.2, -0.15) is 5.26 Å². The van der Waals surface area contributed by atoms with Gasteiger partial charge in [0.05, 0.1) is 28.6 Å². The monoisotopic (exact) mass is 434 g/mol. The number of amides is 1. The lowest BCUT2D eigenvalue weighted by molar-refractivity contribution is 0.0696. The van der Waals surface area contributed by atoms with Gasteiger partial charge in [0, 0.05) is 30.4 Å².